The van der Waals surface area contributed by atoms with E-state index < -0.39 is 5.91 Å². The highest BCUT2D eigenvalue weighted by Crippen LogP contribution is 2.37. The van der Waals surface area contributed by atoms with Gasteiger partial charge in [-0.15, -0.1) is 0 Å². The molecule has 0 atom stereocenters. The predicted molar refractivity (Wildman–Crippen MR) is 63.3 cm³/mol. The molecule has 0 aromatic carbocycles. The molecule has 5 N–H and O–H groups in total. The summed E-state index contributed by atoms with van der Waals surface area (Å²) in [5.41, 5.74) is 11.8. The maximum Gasteiger partial charge on any atom is 0.268 e. The number of amides is 2. The summed E-state index contributed by atoms with van der Waals surface area (Å²) in [5, 5.41) is 2.65. The van der Waals surface area contributed by atoms with Gasteiger partial charge in [-0.1, -0.05) is 0 Å². The average Bonchev–Trinajstić information content (AvgIpc) is 3.01. The monoisotopic (exact) mass is 236 g/mol. The zero-order chi connectivity index (χ0) is 12.4. The fraction of sp³-hybridized carbons (Fsp3) is 0.455. The number of hydrogen-bond donors (Lipinski definition) is 3. The van der Waals surface area contributed by atoms with Crippen molar-refractivity contribution in [3.05, 3.63) is 18.0 Å². The first-order valence-corrected chi connectivity index (χ1v) is 5.62. The molecule has 6 heteroatoms. The highest BCUT2D eigenvalue weighted by molar-refractivity contribution is 5.94. The average molecular weight is 236 g/mol. The number of anilines is 1. The van der Waals surface area contributed by atoms with E-state index in [-0.39, 0.29) is 18.9 Å². The molecule has 1 aliphatic carbocycles. The van der Waals surface area contributed by atoms with Gasteiger partial charge in [-0.05, 0) is 18.9 Å². The van der Waals surface area contributed by atoms with E-state index in [0.29, 0.717) is 17.4 Å². The molecule has 0 bridgehead atoms. The summed E-state index contributed by atoms with van der Waals surface area (Å²) >= 11 is 0. The van der Waals surface area contributed by atoms with E-state index in [4.69, 9.17) is 11.5 Å². The molecule has 2 amide bonds. The third-order valence-corrected chi connectivity index (χ3v) is 2.70. The summed E-state index contributed by atoms with van der Waals surface area (Å²) in [6, 6.07) is 2.04. The van der Waals surface area contributed by atoms with Crippen LogP contribution in [0, 0.1) is 0 Å². The zero-order valence-corrected chi connectivity index (χ0v) is 9.48. The van der Waals surface area contributed by atoms with Gasteiger partial charge in [-0.3, -0.25) is 9.59 Å². The minimum atomic E-state index is -0.428. The number of rotatable bonds is 5. The largest absolute Gasteiger partial charge is 0.397 e. The summed E-state index contributed by atoms with van der Waals surface area (Å²) in [6.45, 7) is 0.254. The lowest BCUT2D eigenvalue weighted by molar-refractivity contribution is -0.117. The van der Waals surface area contributed by atoms with Crippen molar-refractivity contribution < 1.29 is 9.59 Å². The molecule has 1 aromatic heterocycles. The van der Waals surface area contributed by atoms with Gasteiger partial charge in [-0.25, -0.2) is 0 Å². The highest BCUT2D eigenvalue weighted by Gasteiger charge is 2.27. The number of nitrogens with two attached hydrogens (primary N) is 2. The Hall–Kier alpha value is -1.98. The minimum absolute atomic E-state index is 0.144. The van der Waals surface area contributed by atoms with Crippen LogP contribution in [0.1, 0.15) is 35.8 Å². The van der Waals surface area contributed by atoms with Gasteiger partial charge in [0.2, 0.25) is 5.91 Å². The van der Waals surface area contributed by atoms with Crippen LogP contribution in [-0.4, -0.2) is 22.9 Å². The molecule has 1 aromatic rings. The van der Waals surface area contributed by atoms with E-state index in [1.165, 1.54) is 0 Å². The van der Waals surface area contributed by atoms with Crippen molar-refractivity contribution in [3.8, 4) is 0 Å². The summed E-state index contributed by atoms with van der Waals surface area (Å²) in [7, 11) is 0. The molecule has 0 unspecified atom stereocenters. The molecular formula is C11H16N4O2. The van der Waals surface area contributed by atoms with Crippen molar-refractivity contribution in [2.45, 2.75) is 25.3 Å². The fourth-order valence-corrected chi connectivity index (χ4v) is 1.73. The van der Waals surface area contributed by atoms with Crippen molar-refractivity contribution in [1.29, 1.82) is 0 Å². The van der Waals surface area contributed by atoms with E-state index >= 15 is 0 Å². The van der Waals surface area contributed by atoms with Gasteiger partial charge in [0.15, 0.2) is 0 Å². The third kappa shape index (κ3) is 2.77. The van der Waals surface area contributed by atoms with E-state index in [9.17, 15) is 9.59 Å². The maximum absolute atomic E-state index is 11.9. The third-order valence-electron chi connectivity index (χ3n) is 2.70. The smallest absolute Gasteiger partial charge is 0.268 e. The molecule has 1 saturated carbocycles. The molecule has 0 spiro atoms. The van der Waals surface area contributed by atoms with Gasteiger partial charge in [0, 0.05) is 25.2 Å². The van der Waals surface area contributed by atoms with Crippen LogP contribution in [0.25, 0.3) is 0 Å². The lowest BCUT2D eigenvalue weighted by atomic mass is 10.3. The maximum atomic E-state index is 11.9. The molecule has 6 nitrogen and oxygen atoms in total. The number of aromatic nitrogens is 1. The molecule has 1 aliphatic rings. The Morgan fingerprint density at radius 2 is 2.18 bits per heavy atom. The minimum Gasteiger partial charge on any atom is -0.397 e. The van der Waals surface area contributed by atoms with E-state index in [0.717, 1.165) is 12.8 Å². The summed E-state index contributed by atoms with van der Waals surface area (Å²) in [5.74, 6) is -0.641. The fourth-order valence-electron chi connectivity index (χ4n) is 1.73. The summed E-state index contributed by atoms with van der Waals surface area (Å²) < 4.78 is 1.90. The van der Waals surface area contributed by atoms with Crippen LogP contribution in [-0.2, 0) is 4.79 Å². The first kappa shape index (κ1) is 11.5. The van der Waals surface area contributed by atoms with Gasteiger partial charge >= 0.3 is 0 Å². The standard InChI is InChI=1S/C11H16N4O2/c12-7-5-9(15(6-7)8-1-2-8)11(17)14-4-3-10(13)16/h5-6,8H,1-4,12H2,(H2,13,16)(H,14,17). The van der Waals surface area contributed by atoms with Crippen LogP contribution in [0.2, 0.25) is 0 Å². The van der Waals surface area contributed by atoms with Crippen LogP contribution in [0.5, 0.6) is 0 Å². The quantitative estimate of drug-likeness (QED) is 0.670. The lowest BCUT2D eigenvalue weighted by Gasteiger charge is -2.07. The molecule has 17 heavy (non-hydrogen) atoms. The Morgan fingerprint density at radius 1 is 1.47 bits per heavy atom. The van der Waals surface area contributed by atoms with Crippen molar-refractivity contribution in [3.63, 3.8) is 0 Å². The molecule has 0 aliphatic heterocycles. The van der Waals surface area contributed by atoms with Crippen LogP contribution >= 0.6 is 0 Å². The highest BCUT2D eigenvalue weighted by atomic mass is 16.2. The summed E-state index contributed by atoms with van der Waals surface area (Å²) in [6.07, 6.45) is 4.08. The second-order valence-electron chi connectivity index (χ2n) is 4.27. The Bertz CT molecular complexity index is 448. The number of nitrogens with one attached hydrogen (secondary N) is 1. The molecule has 0 saturated heterocycles. The molecular weight excluding hydrogens is 220 g/mol. The normalized spacial score (nSPS) is 14.6. The Morgan fingerprint density at radius 3 is 2.76 bits per heavy atom. The van der Waals surface area contributed by atoms with E-state index in [1.807, 2.05) is 4.57 Å². The molecule has 2 rings (SSSR count). The number of carbonyl (C=O) groups is 2. The van der Waals surface area contributed by atoms with Crippen molar-refractivity contribution in [2.24, 2.45) is 5.73 Å². The molecule has 0 radical (unpaired) electrons. The molecule has 1 heterocycles. The van der Waals surface area contributed by atoms with Gasteiger partial charge in [0.25, 0.3) is 5.91 Å². The van der Waals surface area contributed by atoms with Crippen LogP contribution in [0.4, 0.5) is 5.69 Å². The molecule has 92 valence electrons. The second-order valence-corrected chi connectivity index (χ2v) is 4.27. The van der Waals surface area contributed by atoms with Crippen molar-refractivity contribution in [1.82, 2.24) is 9.88 Å². The van der Waals surface area contributed by atoms with Gasteiger partial charge in [0.05, 0.1) is 5.69 Å². The van der Waals surface area contributed by atoms with Gasteiger partial charge in [0.1, 0.15) is 5.69 Å². The number of nitrogens with zero attached hydrogens (tertiary/aromatic N) is 1. The van der Waals surface area contributed by atoms with Crippen LogP contribution in [0.15, 0.2) is 12.3 Å². The number of primary amides is 1. The number of carbonyl (C=O) groups excluding carboxylic acids is 2. The SMILES string of the molecule is NC(=O)CCNC(=O)c1cc(N)cn1C1CC1. The number of nitrogen functional groups attached to an aromatic ring is 1. The van der Waals surface area contributed by atoms with Crippen LogP contribution < -0.4 is 16.8 Å². The van der Waals surface area contributed by atoms with Gasteiger partial charge in [-0.2, -0.15) is 0 Å². The Labute approximate surface area is 99.0 Å². The first-order valence-electron chi connectivity index (χ1n) is 5.62. The first-order chi connectivity index (χ1) is 8.08. The topological polar surface area (TPSA) is 103 Å². The van der Waals surface area contributed by atoms with E-state index in [1.54, 1.807) is 12.3 Å². The second kappa shape index (κ2) is 4.48. The Kier molecular flexibility index (Phi) is 3.03. The summed E-state index contributed by atoms with van der Waals surface area (Å²) in [4.78, 5) is 22.4. The lowest BCUT2D eigenvalue weighted by Crippen LogP contribution is -2.29. The Balaban J connectivity index is 2.00. The molecule has 1 fully saturated rings. The number of hydrogen-bond acceptors (Lipinski definition) is 3. The van der Waals surface area contributed by atoms with Crippen LogP contribution in [0.3, 0.4) is 0 Å². The van der Waals surface area contributed by atoms with Crippen molar-refractivity contribution >= 4 is 17.5 Å². The van der Waals surface area contributed by atoms with E-state index in [2.05, 4.69) is 5.32 Å². The predicted octanol–water partition coefficient (Wildman–Crippen LogP) is 0.0104. The zero-order valence-electron chi connectivity index (χ0n) is 9.48. The van der Waals surface area contributed by atoms with Gasteiger partial charge < -0.3 is 21.4 Å². The van der Waals surface area contributed by atoms with Crippen molar-refractivity contribution in [2.75, 3.05) is 12.3 Å².